The van der Waals surface area contributed by atoms with Crippen LogP contribution in [0.25, 0.3) is 77.9 Å². The van der Waals surface area contributed by atoms with Gasteiger partial charge in [-0.25, -0.2) is 4.98 Å². The van der Waals surface area contributed by atoms with E-state index in [-0.39, 0.29) is 0 Å². The van der Waals surface area contributed by atoms with Gasteiger partial charge in [0.1, 0.15) is 11.3 Å². The van der Waals surface area contributed by atoms with Gasteiger partial charge in [-0.3, -0.25) is 4.57 Å². The SMILES string of the molecule is C1=CC(c2nc(C3=Cc4oc5ccccc5c4CC3)nc(-n3c4cccc5c4c4c6c(cccc6ccc43)C(c3ccccc3)=C5c3ccccc3)n2)=CCC1. The minimum atomic E-state index is 0.615. The maximum Gasteiger partial charge on any atom is 0.238 e. The van der Waals surface area contributed by atoms with Crippen LogP contribution in [0.4, 0.5) is 0 Å². The van der Waals surface area contributed by atoms with Gasteiger partial charge in [-0.15, -0.1) is 0 Å². The Morgan fingerprint density at radius 3 is 2.05 bits per heavy atom. The van der Waals surface area contributed by atoms with Crippen LogP contribution in [0.15, 0.2) is 156 Å². The highest BCUT2D eigenvalue weighted by Gasteiger charge is 2.29. The van der Waals surface area contributed by atoms with Crippen molar-refractivity contribution in [2.24, 2.45) is 0 Å². The van der Waals surface area contributed by atoms with Gasteiger partial charge in [-0.05, 0) is 94.1 Å². The molecule has 0 amide bonds. The third kappa shape index (κ3) is 4.64. The first-order valence-electron chi connectivity index (χ1n) is 19.5. The summed E-state index contributed by atoms with van der Waals surface area (Å²) in [5, 5.41) is 6.04. The van der Waals surface area contributed by atoms with Crippen molar-refractivity contribution in [2.45, 2.75) is 25.7 Å². The van der Waals surface area contributed by atoms with Crippen molar-refractivity contribution < 1.29 is 4.42 Å². The van der Waals surface area contributed by atoms with Gasteiger partial charge in [0, 0.05) is 32.9 Å². The standard InChI is InChI=1S/C51H34N4O/c1-4-14-31(15-5-1)44-38-22-12-20-33-27-29-41-48(46(33)38)47-39(45(44)32-16-6-2-7-17-32)23-13-24-40(47)55(41)51-53-49(34-18-8-3-9-19-34)52-50(54-51)35-26-28-37-36-21-10-11-25-42(36)56-43(37)30-35/h1-2,4-8,10-25,27,29-30H,3,9,26,28H2. The van der Waals surface area contributed by atoms with Crippen molar-refractivity contribution >= 4 is 71.9 Å². The molecule has 5 nitrogen and oxygen atoms in total. The van der Waals surface area contributed by atoms with Gasteiger partial charge in [-0.2, -0.15) is 9.97 Å². The number of aromatic nitrogens is 4. The summed E-state index contributed by atoms with van der Waals surface area (Å²) in [6, 6.07) is 48.0. The van der Waals surface area contributed by atoms with E-state index in [0.29, 0.717) is 17.6 Å². The van der Waals surface area contributed by atoms with Crippen molar-refractivity contribution in [3.63, 3.8) is 0 Å². The van der Waals surface area contributed by atoms with E-state index in [1.165, 1.54) is 65.9 Å². The molecule has 12 rings (SSSR count). The molecule has 56 heavy (non-hydrogen) atoms. The van der Waals surface area contributed by atoms with Crippen LogP contribution in [-0.2, 0) is 6.42 Å². The zero-order valence-corrected chi connectivity index (χ0v) is 30.5. The number of fused-ring (bicyclic) bond motifs is 3. The van der Waals surface area contributed by atoms with Crippen molar-refractivity contribution in [1.82, 2.24) is 19.5 Å². The molecule has 6 aromatic carbocycles. The van der Waals surface area contributed by atoms with Gasteiger partial charge in [0.25, 0.3) is 0 Å². The normalized spacial score (nSPS) is 14.9. The number of aryl methyl sites for hydroxylation is 1. The van der Waals surface area contributed by atoms with E-state index in [1.54, 1.807) is 0 Å². The van der Waals surface area contributed by atoms with Gasteiger partial charge in [0.05, 0.1) is 11.0 Å². The Labute approximate surface area is 323 Å². The van der Waals surface area contributed by atoms with Crippen LogP contribution in [0, 0.1) is 0 Å². The molecule has 0 unspecified atom stereocenters. The lowest BCUT2D eigenvalue weighted by Crippen LogP contribution is -2.11. The van der Waals surface area contributed by atoms with Crippen LogP contribution in [0.3, 0.4) is 0 Å². The van der Waals surface area contributed by atoms with Crippen molar-refractivity contribution in [2.75, 3.05) is 0 Å². The summed E-state index contributed by atoms with van der Waals surface area (Å²) in [5.74, 6) is 2.88. The number of allylic oxidation sites excluding steroid dienone is 5. The molecule has 3 aliphatic carbocycles. The maximum atomic E-state index is 6.39. The molecular weight excluding hydrogens is 685 g/mol. The average molecular weight is 719 g/mol. The van der Waals surface area contributed by atoms with E-state index in [2.05, 4.69) is 150 Å². The second-order valence-electron chi connectivity index (χ2n) is 14.9. The summed E-state index contributed by atoms with van der Waals surface area (Å²) in [6.45, 7) is 0. The lowest BCUT2D eigenvalue weighted by molar-refractivity contribution is 0.596. The number of benzene rings is 6. The first-order valence-corrected chi connectivity index (χ1v) is 19.5. The molecule has 0 saturated heterocycles. The van der Waals surface area contributed by atoms with Crippen LogP contribution in [-0.4, -0.2) is 19.5 Å². The third-order valence-electron chi connectivity index (χ3n) is 11.8. The molecule has 264 valence electrons. The molecule has 0 fully saturated rings. The van der Waals surface area contributed by atoms with Gasteiger partial charge in [0.15, 0.2) is 11.6 Å². The van der Waals surface area contributed by atoms with E-state index in [9.17, 15) is 0 Å². The summed E-state index contributed by atoms with van der Waals surface area (Å²) in [4.78, 5) is 15.9. The van der Waals surface area contributed by atoms with E-state index in [4.69, 9.17) is 19.4 Å². The fraction of sp³-hybridized carbons (Fsp3) is 0.0784. The van der Waals surface area contributed by atoms with Gasteiger partial charge in [-0.1, -0.05) is 133 Å². The number of rotatable bonds is 5. The number of para-hydroxylation sites is 1. The molecule has 0 saturated carbocycles. The van der Waals surface area contributed by atoms with Crippen LogP contribution in [0.1, 0.15) is 64.5 Å². The second-order valence-corrected chi connectivity index (χ2v) is 14.9. The zero-order valence-electron chi connectivity index (χ0n) is 30.5. The molecule has 0 radical (unpaired) electrons. The lowest BCUT2D eigenvalue weighted by atomic mass is 9.85. The highest BCUT2D eigenvalue weighted by atomic mass is 16.3. The Hall–Kier alpha value is -7.11. The lowest BCUT2D eigenvalue weighted by Gasteiger charge is -2.19. The smallest absolute Gasteiger partial charge is 0.238 e. The fourth-order valence-corrected chi connectivity index (χ4v) is 9.31. The highest BCUT2D eigenvalue weighted by molar-refractivity contribution is 6.31. The Balaban J connectivity index is 1.17. The molecule has 0 aliphatic heterocycles. The number of nitrogens with zero attached hydrogens (tertiary/aromatic N) is 4. The second kappa shape index (κ2) is 12.2. The Morgan fingerprint density at radius 2 is 1.27 bits per heavy atom. The molecule has 0 bridgehead atoms. The predicted molar refractivity (Wildman–Crippen MR) is 228 cm³/mol. The van der Waals surface area contributed by atoms with Gasteiger partial charge >= 0.3 is 0 Å². The number of hydrogen-bond donors (Lipinski definition) is 0. The number of hydrogen-bond acceptors (Lipinski definition) is 4. The quantitative estimate of drug-likeness (QED) is 0.178. The summed E-state index contributed by atoms with van der Waals surface area (Å²) in [6.07, 6.45) is 12.4. The predicted octanol–water partition coefficient (Wildman–Crippen LogP) is 12.4. The average Bonchev–Trinajstić information content (AvgIpc) is 3.77. The Kier molecular flexibility index (Phi) is 6.81. The summed E-state index contributed by atoms with van der Waals surface area (Å²) >= 11 is 0. The largest absolute Gasteiger partial charge is 0.456 e. The van der Waals surface area contributed by atoms with E-state index < -0.39 is 0 Å². The monoisotopic (exact) mass is 718 g/mol. The minimum absolute atomic E-state index is 0.615. The van der Waals surface area contributed by atoms with Crippen LogP contribution >= 0.6 is 0 Å². The fourth-order valence-electron chi connectivity index (χ4n) is 9.31. The number of furan rings is 1. The zero-order chi connectivity index (χ0) is 36.7. The van der Waals surface area contributed by atoms with Crippen molar-refractivity contribution in [3.05, 3.63) is 197 Å². The molecule has 5 heteroatoms. The van der Waals surface area contributed by atoms with Gasteiger partial charge in [0.2, 0.25) is 5.95 Å². The molecule has 0 spiro atoms. The molecule has 3 aliphatic rings. The highest BCUT2D eigenvalue weighted by Crippen LogP contribution is 2.50. The maximum absolute atomic E-state index is 6.39. The molecule has 0 N–H and O–H groups in total. The third-order valence-corrected chi connectivity index (χ3v) is 11.8. The van der Waals surface area contributed by atoms with E-state index in [1.807, 2.05) is 12.1 Å². The Bertz CT molecular complexity index is 3230. The van der Waals surface area contributed by atoms with E-state index in [0.717, 1.165) is 59.2 Å². The first-order chi connectivity index (χ1) is 27.8. The molecule has 3 heterocycles. The molecule has 0 atom stereocenters. The van der Waals surface area contributed by atoms with E-state index >= 15 is 0 Å². The molecule has 9 aromatic rings. The summed E-state index contributed by atoms with van der Waals surface area (Å²) < 4.78 is 8.66. The van der Waals surface area contributed by atoms with Gasteiger partial charge < -0.3 is 4.42 Å². The Morgan fingerprint density at radius 1 is 0.554 bits per heavy atom. The van der Waals surface area contributed by atoms with Crippen molar-refractivity contribution in [3.8, 4) is 5.95 Å². The van der Waals surface area contributed by atoms with Crippen molar-refractivity contribution in [1.29, 1.82) is 0 Å². The molecule has 3 aromatic heterocycles. The van der Waals surface area contributed by atoms with Crippen LogP contribution in [0.5, 0.6) is 0 Å². The summed E-state index contributed by atoms with van der Waals surface area (Å²) in [5.41, 5.74) is 13.6. The minimum Gasteiger partial charge on any atom is -0.456 e. The first kappa shape index (κ1) is 31.3. The van der Waals surface area contributed by atoms with Crippen LogP contribution < -0.4 is 0 Å². The molecular formula is C51H34N4O. The topological polar surface area (TPSA) is 56.7 Å². The van der Waals surface area contributed by atoms with Crippen LogP contribution in [0.2, 0.25) is 0 Å². The summed E-state index contributed by atoms with van der Waals surface area (Å²) in [7, 11) is 0.